The first-order valence-corrected chi connectivity index (χ1v) is 6.12. The predicted molar refractivity (Wildman–Crippen MR) is 67.0 cm³/mol. The summed E-state index contributed by atoms with van der Waals surface area (Å²) in [6.45, 7) is 0.718. The smallest absolute Gasteiger partial charge is 0.0346 e. The lowest BCUT2D eigenvalue weighted by atomic mass is 10.0. The van der Waals surface area contributed by atoms with E-state index in [1.54, 1.807) is 11.3 Å². The molecule has 80 valence electrons. The molecule has 2 aromatic rings. The highest BCUT2D eigenvalue weighted by Crippen LogP contribution is 2.30. The van der Waals surface area contributed by atoms with Crippen LogP contribution in [0.4, 0.5) is 0 Å². The lowest BCUT2D eigenvalue weighted by Gasteiger charge is -2.09. The second-order valence-electron chi connectivity index (χ2n) is 3.72. The normalized spacial score (nSPS) is 13.2. The van der Waals surface area contributed by atoms with E-state index in [2.05, 4.69) is 29.6 Å². The van der Waals surface area contributed by atoms with Crippen molar-refractivity contribution < 1.29 is 0 Å². The second-order valence-corrected chi connectivity index (χ2v) is 4.64. The Balaban J connectivity index is 2.27. The van der Waals surface area contributed by atoms with Gasteiger partial charge in [0.15, 0.2) is 0 Å². The molecular weight excluding hydrogens is 204 g/mol. The fourth-order valence-corrected chi connectivity index (χ4v) is 2.80. The van der Waals surface area contributed by atoms with Crippen LogP contribution in [0.3, 0.4) is 0 Å². The number of nitrogens with two attached hydrogens (primary N) is 2. The minimum absolute atomic E-state index is 0.129. The van der Waals surface area contributed by atoms with Gasteiger partial charge in [-0.1, -0.05) is 18.2 Å². The van der Waals surface area contributed by atoms with Gasteiger partial charge in [-0.2, -0.15) is 0 Å². The molecule has 4 N–H and O–H groups in total. The second kappa shape index (κ2) is 4.75. The standard InChI is InChI=1S/C12H16N2S/c13-7-3-5-11(14)10-8-15-12-6-2-1-4-9(10)12/h1-2,4,6,8,11H,3,5,7,13-14H2/t11-/m0/s1. The van der Waals surface area contributed by atoms with Crippen LogP contribution in [0.5, 0.6) is 0 Å². The molecule has 0 saturated carbocycles. The number of hydrogen-bond donors (Lipinski definition) is 2. The zero-order valence-electron chi connectivity index (χ0n) is 8.65. The van der Waals surface area contributed by atoms with Gasteiger partial charge in [-0.25, -0.2) is 0 Å². The van der Waals surface area contributed by atoms with Crippen molar-refractivity contribution in [3.8, 4) is 0 Å². The van der Waals surface area contributed by atoms with Gasteiger partial charge in [0.1, 0.15) is 0 Å². The summed E-state index contributed by atoms with van der Waals surface area (Å²) in [6, 6.07) is 8.54. The Hall–Kier alpha value is -0.900. The summed E-state index contributed by atoms with van der Waals surface area (Å²) >= 11 is 1.76. The van der Waals surface area contributed by atoms with E-state index < -0.39 is 0 Å². The first-order valence-electron chi connectivity index (χ1n) is 5.24. The van der Waals surface area contributed by atoms with E-state index in [0.717, 1.165) is 19.4 Å². The Morgan fingerprint density at radius 1 is 1.27 bits per heavy atom. The molecule has 0 saturated heterocycles. The number of rotatable bonds is 4. The third-order valence-electron chi connectivity index (χ3n) is 2.63. The zero-order chi connectivity index (χ0) is 10.7. The Morgan fingerprint density at radius 2 is 2.07 bits per heavy atom. The lowest BCUT2D eigenvalue weighted by molar-refractivity contribution is 0.623. The van der Waals surface area contributed by atoms with Crippen molar-refractivity contribution in [2.24, 2.45) is 11.5 Å². The van der Waals surface area contributed by atoms with Gasteiger partial charge in [0.25, 0.3) is 0 Å². The van der Waals surface area contributed by atoms with Crippen LogP contribution in [0.1, 0.15) is 24.4 Å². The molecule has 0 aliphatic rings. The van der Waals surface area contributed by atoms with Crippen molar-refractivity contribution in [1.29, 1.82) is 0 Å². The zero-order valence-corrected chi connectivity index (χ0v) is 9.46. The minimum atomic E-state index is 0.129. The first-order chi connectivity index (χ1) is 7.33. The number of fused-ring (bicyclic) bond motifs is 1. The summed E-state index contributed by atoms with van der Waals surface area (Å²) in [5, 5.41) is 3.47. The largest absolute Gasteiger partial charge is 0.330 e. The highest BCUT2D eigenvalue weighted by Gasteiger charge is 2.10. The van der Waals surface area contributed by atoms with Gasteiger partial charge in [0.2, 0.25) is 0 Å². The fraction of sp³-hybridized carbons (Fsp3) is 0.333. The van der Waals surface area contributed by atoms with Crippen molar-refractivity contribution in [3.05, 3.63) is 35.2 Å². The molecule has 0 aliphatic heterocycles. The van der Waals surface area contributed by atoms with Crippen molar-refractivity contribution in [3.63, 3.8) is 0 Å². The molecule has 3 heteroatoms. The molecule has 1 aromatic carbocycles. The van der Waals surface area contributed by atoms with E-state index in [1.807, 2.05) is 0 Å². The molecule has 0 unspecified atom stereocenters. The van der Waals surface area contributed by atoms with Crippen LogP contribution in [0.2, 0.25) is 0 Å². The van der Waals surface area contributed by atoms with Crippen LogP contribution in [-0.4, -0.2) is 6.54 Å². The quantitative estimate of drug-likeness (QED) is 0.832. The van der Waals surface area contributed by atoms with E-state index in [4.69, 9.17) is 11.5 Å². The molecule has 0 spiro atoms. The average molecular weight is 220 g/mol. The molecule has 0 bridgehead atoms. The molecule has 0 aliphatic carbocycles. The molecule has 0 amide bonds. The summed E-state index contributed by atoms with van der Waals surface area (Å²) in [7, 11) is 0. The van der Waals surface area contributed by atoms with Crippen LogP contribution >= 0.6 is 11.3 Å². The highest BCUT2D eigenvalue weighted by atomic mass is 32.1. The van der Waals surface area contributed by atoms with Crippen molar-refractivity contribution in [2.75, 3.05) is 6.54 Å². The maximum atomic E-state index is 6.14. The Kier molecular flexibility index (Phi) is 3.36. The van der Waals surface area contributed by atoms with Crippen LogP contribution in [0, 0.1) is 0 Å². The number of benzene rings is 1. The molecule has 1 atom stereocenters. The predicted octanol–water partition coefficient (Wildman–Crippen LogP) is 2.64. The Bertz CT molecular complexity index is 436. The van der Waals surface area contributed by atoms with Crippen LogP contribution in [-0.2, 0) is 0 Å². The van der Waals surface area contributed by atoms with Crippen LogP contribution in [0.25, 0.3) is 10.1 Å². The van der Waals surface area contributed by atoms with Gasteiger partial charge in [0.05, 0.1) is 0 Å². The summed E-state index contributed by atoms with van der Waals surface area (Å²) in [5.74, 6) is 0. The van der Waals surface area contributed by atoms with Crippen molar-refractivity contribution in [2.45, 2.75) is 18.9 Å². The van der Waals surface area contributed by atoms with Crippen molar-refractivity contribution in [1.82, 2.24) is 0 Å². The third kappa shape index (κ3) is 2.20. The maximum Gasteiger partial charge on any atom is 0.0346 e. The summed E-state index contributed by atoms with van der Waals surface area (Å²) in [5.41, 5.74) is 12.9. The number of thiophene rings is 1. The molecular formula is C12H16N2S. The molecule has 0 fully saturated rings. The lowest BCUT2D eigenvalue weighted by Crippen LogP contribution is -2.11. The van der Waals surface area contributed by atoms with Gasteiger partial charge in [-0.3, -0.25) is 0 Å². The van der Waals surface area contributed by atoms with E-state index in [9.17, 15) is 0 Å². The highest BCUT2D eigenvalue weighted by molar-refractivity contribution is 7.17. The maximum absolute atomic E-state index is 6.14. The van der Waals surface area contributed by atoms with Gasteiger partial charge < -0.3 is 11.5 Å². The third-order valence-corrected chi connectivity index (χ3v) is 3.61. The molecule has 2 rings (SSSR count). The van der Waals surface area contributed by atoms with Gasteiger partial charge in [-0.15, -0.1) is 11.3 Å². The van der Waals surface area contributed by atoms with Gasteiger partial charge >= 0.3 is 0 Å². The van der Waals surface area contributed by atoms with Crippen LogP contribution in [0.15, 0.2) is 29.6 Å². The Labute approximate surface area is 93.9 Å². The van der Waals surface area contributed by atoms with E-state index in [-0.39, 0.29) is 6.04 Å². The fourth-order valence-electron chi connectivity index (χ4n) is 1.78. The topological polar surface area (TPSA) is 52.0 Å². The molecule has 0 radical (unpaired) electrons. The summed E-state index contributed by atoms with van der Waals surface area (Å²) < 4.78 is 1.32. The van der Waals surface area contributed by atoms with Crippen LogP contribution < -0.4 is 11.5 Å². The monoisotopic (exact) mass is 220 g/mol. The SMILES string of the molecule is NCCC[C@H](N)c1csc2ccccc12. The average Bonchev–Trinajstić information content (AvgIpc) is 2.69. The van der Waals surface area contributed by atoms with E-state index in [0.29, 0.717) is 0 Å². The summed E-state index contributed by atoms with van der Waals surface area (Å²) in [4.78, 5) is 0. The molecule has 1 aromatic heterocycles. The molecule has 15 heavy (non-hydrogen) atoms. The minimum Gasteiger partial charge on any atom is -0.330 e. The van der Waals surface area contributed by atoms with Crippen molar-refractivity contribution >= 4 is 21.4 Å². The summed E-state index contributed by atoms with van der Waals surface area (Å²) in [6.07, 6.45) is 1.96. The number of hydrogen-bond acceptors (Lipinski definition) is 3. The van der Waals surface area contributed by atoms with E-state index in [1.165, 1.54) is 15.6 Å². The van der Waals surface area contributed by atoms with Gasteiger partial charge in [-0.05, 0) is 41.8 Å². The molecule has 2 nitrogen and oxygen atoms in total. The first kappa shape index (κ1) is 10.6. The molecule has 1 heterocycles. The van der Waals surface area contributed by atoms with E-state index >= 15 is 0 Å². The Morgan fingerprint density at radius 3 is 2.87 bits per heavy atom. The van der Waals surface area contributed by atoms with Gasteiger partial charge in [0, 0.05) is 10.7 Å².